The van der Waals surface area contributed by atoms with Crippen LogP contribution in [-0.2, 0) is 10.3 Å². The first-order chi connectivity index (χ1) is 14.7. The molecule has 160 valence electrons. The summed E-state index contributed by atoms with van der Waals surface area (Å²) >= 11 is 12.5. The van der Waals surface area contributed by atoms with Gasteiger partial charge in [-0.05, 0) is 42.7 Å². The highest BCUT2D eigenvalue weighted by atomic mass is 35.5. The van der Waals surface area contributed by atoms with Gasteiger partial charge in [0.15, 0.2) is 11.8 Å². The van der Waals surface area contributed by atoms with Gasteiger partial charge < -0.3 is 10.2 Å². The number of carbonyl (C=O) groups is 2. The molecule has 2 N–H and O–H groups in total. The Bertz CT molecular complexity index is 1200. The van der Waals surface area contributed by atoms with Crippen LogP contribution in [0.5, 0.6) is 0 Å². The van der Waals surface area contributed by atoms with Crippen molar-refractivity contribution in [2.45, 2.75) is 32.2 Å². The monoisotopic (exact) mass is 456 g/mol. The summed E-state index contributed by atoms with van der Waals surface area (Å²) in [6.07, 6.45) is 0.680. The number of anilines is 2. The number of nitrogens with one attached hydrogen (secondary N) is 2. The number of fused-ring (bicyclic) bond motifs is 1. The zero-order valence-corrected chi connectivity index (χ0v) is 19.1. The normalized spacial score (nSPS) is 17.6. The highest BCUT2D eigenvalue weighted by Gasteiger charge is 2.55. The van der Waals surface area contributed by atoms with E-state index in [2.05, 4.69) is 15.5 Å². The molecule has 0 spiro atoms. The van der Waals surface area contributed by atoms with Crippen LogP contribution in [0, 0.1) is 6.92 Å². The number of carbonyl (C=O) groups excluding carboxylic acids is 2. The molecule has 1 atom stereocenters. The van der Waals surface area contributed by atoms with Crippen molar-refractivity contribution in [3.05, 3.63) is 74.5 Å². The highest BCUT2D eigenvalue weighted by molar-refractivity contribution is 6.31. The van der Waals surface area contributed by atoms with Gasteiger partial charge in [0.2, 0.25) is 0 Å². The number of aldehydes is 1. The fourth-order valence-electron chi connectivity index (χ4n) is 4.40. The van der Waals surface area contributed by atoms with Crippen molar-refractivity contribution in [1.82, 2.24) is 10.2 Å². The van der Waals surface area contributed by atoms with Gasteiger partial charge in [-0.1, -0.05) is 49.2 Å². The van der Waals surface area contributed by atoms with E-state index in [9.17, 15) is 9.59 Å². The van der Waals surface area contributed by atoms with E-state index in [-0.39, 0.29) is 17.5 Å². The maximum atomic E-state index is 13.8. The van der Waals surface area contributed by atoms with Crippen molar-refractivity contribution >= 4 is 46.8 Å². The predicted molar refractivity (Wildman–Crippen MR) is 124 cm³/mol. The standard InChI is InChI=1S/C23H22Cl2N4O2/c1-12(2)21-20(18(11-30)27-28-21)23(29(4)19-10-15(25)6-5-13(19)3)16-8-7-14(24)9-17(16)26-22(23)31/h5-12H,1-4H3,(H,26,31)(H,27,28). The molecule has 0 bridgehead atoms. The Labute approximate surface area is 190 Å². The molecule has 0 saturated carbocycles. The number of aromatic amines is 1. The molecule has 1 aliphatic heterocycles. The third kappa shape index (κ3) is 3.13. The molecular weight excluding hydrogens is 435 g/mol. The number of nitrogens with zero attached hydrogens (tertiary/aromatic N) is 2. The molecule has 0 radical (unpaired) electrons. The maximum Gasteiger partial charge on any atom is 0.259 e. The van der Waals surface area contributed by atoms with Crippen molar-refractivity contribution in [2.24, 2.45) is 0 Å². The predicted octanol–water partition coefficient (Wildman–Crippen LogP) is 5.29. The number of amides is 1. The molecule has 3 aromatic rings. The Morgan fingerprint density at radius 3 is 2.48 bits per heavy atom. The van der Waals surface area contributed by atoms with Crippen LogP contribution >= 0.6 is 23.2 Å². The van der Waals surface area contributed by atoms with E-state index in [0.717, 1.165) is 11.3 Å². The van der Waals surface area contributed by atoms with Crippen molar-refractivity contribution < 1.29 is 9.59 Å². The van der Waals surface area contributed by atoms with Crippen LogP contribution in [0.4, 0.5) is 11.4 Å². The van der Waals surface area contributed by atoms with E-state index in [1.807, 2.05) is 50.9 Å². The first kappa shape index (κ1) is 21.4. The lowest BCUT2D eigenvalue weighted by Gasteiger charge is -2.40. The number of H-pyrrole nitrogens is 1. The minimum atomic E-state index is -1.35. The van der Waals surface area contributed by atoms with Crippen LogP contribution < -0.4 is 10.2 Å². The average Bonchev–Trinajstić information content (AvgIpc) is 3.27. The molecule has 1 unspecified atom stereocenters. The van der Waals surface area contributed by atoms with Gasteiger partial charge in [-0.25, -0.2) is 0 Å². The number of benzene rings is 2. The summed E-state index contributed by atoms with van der Waals surface area (Å²) in [6, 6.07) is 10.8. The summed E-state index contributed by atoms with van der Waals surface area (Å²) in [7, 11) is 1.83. The minimum absolute atomic E-state index is 0.00826. The number of aromatic nitrogens is 2. The second-order valence-electron chi connectivity index (χ2n) is 8.01. The van der Waals surface area contributed by atoms with Crippen molar-refractivity contribution in [3.8, 4) is 0 Å². The summed E-state index contributed by atoms with van der Waals surface area (Å²) in [6.45, 7) is 5.92. The van der Waals surface area contributed by atoms with Crippen LogP contribution in [0.15, 0.2) is 36.4 Å². The molecule has 2 aromatic carbocycles. The Balaban J connectivity index is 2.13. The number of halogens is 2. The van der Waals surface area contributed by atoms with Gasteiger partial charge >= 0.3 is 0 Å². The maximum absolute atomic E-state index is 13.8. The lowest BCUT2D eigenvalue weighted by atomic mass is 9.78. The Morgan fingerprint density at radius 2 is 1.81 bits per heavy atom. The summed E-state index contributed by atoms with van der Waals surface area (Å²) in [5.74, 6) is -0.302. The zero-order valence-electron chi connectivity index (χ0n) is 17.6. The van der Waals surface area contributed by atoms with Gasteiger partial charge in [-0.3, -0.25) is 14.7 Å². The first-order valence-electron chi connectivity index (χ1n) is 9.87. The third-order valence-corrected chi connectivity index (χ3v) is 6.33. The number of hydrogen-bond donors (Lipinski definition) is 2. The third-order valence-electron chi connectivity index (χ3n) is 5.86. The van der Waals surface area contributed by atoms with Gasteiger partial charge in [0, 0.05) is 45.3 Å². The summed E-state index contributed by atoms with van der Waals surface area (Å²) in [5.41, 5.74) is 3.06. The molecule has 6 nitrogen and oxygen atoms in total. The second-order valence-corrected chi connectivity index (χ2v) is 8.89. The second kappa shape index (κ2) is 7.70. The fraction of sp³-hybridized carbons (Fsp3) is 0.261. The molecule has 0 fully saturated rings. The molecule has 31 heavy (non-hydrogen) atoms. The van der Waals surface area contributed by atoms with E-state index < -0.39 is 5.54 Å². The molecule has 4 rings (SSSR count). The van der Waals surface area contributed by atoms with Crippen molar-refractivity contribution in [3.63, 3.8) is 0 Å². The van der Waals surface area contributed by atoms with Gasteiger partial charge in [-0.2, -0.15) is 5.10 Å². The molecule has 0 aliphatic carbocycles. The molecule has 1 aromatic heterocycles. The van der Waals surface area contributed by atoms with Crippen LogP contribution in [-0.4, -0.2) is 29.4 Å². The Morgan fingerprint density at radius 1 is 1.13 bits per heavy atom. The van der Waals surface area contributed by atoms with Crippen LogP contribution in [0.25, 0.3) is 0 Å². The quantitative estimate of drug-likeness (QED) is 0.511. The lowest BCUT2D eigenvalue weighted by molar-refractivity contribution is -0.119. The van der Waals surface area contributed by atoms with Crippen LogP contribution in [0.1, 0.15) is 52.6 Å². The summed E-state index contributed by atoms with van der Waals surface area (Å²) in [4.78, 5) is 27.7. The van der Waals surface area contributed by atoms with Gasteiger partial charge in [0.1, 0.15) is 5.69 Å². The molecule has 2 heterocycles. The van der Waals surface area contributed by atoms with Crippen LogP contribution in [0.2, 0.25) is 10.0 Å². The Kier molecular flexibility index (Phi) is 5.31. The smallest absolute Gasteiger partial charge is 0.259 e. The largest absolute Gasteiger partial charge is 0.353 e. The number of rotatable bonds is 5. The lowest BCUT2D eigenvalue weighted by Crippen LogP contribution is -2.51. The van der Waals surface area contributed by atoms with E-state index in [1.165, 1.54) is 0 Å². The summed E-state index contributed by atoms with van der Waals surface area (Å²) in [5, 5.41) is 11.2. The van der Waals surface area contributed by atoms with Gasteiger partial charge in [0.05, 0.1) is 0 Å². The molecular formula is C23H22Cl2N4O2. The molecule has 1 amide bonds. The van der Waals surface area contributed by atoms with Gasteiger partial charge in [0.25, 0.3) is 5.91 Å². The zero-order chi connectivity index (χ0) is 22.5. The first-order valence-corrected chi connectivity index (χ1v) is 10.6. The van der Waals surface area contributed by atoms with Gasteiger partial charge in [-0.15, -0.1) is 0 Å². The minimum Gasteiger partial charge on any atom is -0.353 e. The molecule has 1 aliphatic rings. The van der Waals surface area contributed by atoms with E-state index in [1.54, 1.807) is 18.2 Å². The van der Waals surface area contributed by atoms with Crippen molar-refractivity contribution in [2.75, 3.05) is 17.3 Å². The van der Waals surface area contributed by atoms with Crippen molar-refractivity contribution in [1.29, 1.82) is 0 Å². The summed E-state index contributed by atoms with van der Waals surface area (Å²) < 4.78 is 0. The SMILES string of the molecule is Cc1ccc(Cl)cc1N(C)C1(c2c(C=O)n[nH]c2C(C)C)C(=O)Nc2cc(Cl)ccc21. The van der Waals surface area contributed by atoms with E-state index in [0.29, 0.717) is 38.8 Å². The fourth-order valence-corrected chi connectivity index (χ4v) is 4.74. The number of likely N-dealkylation sites (N-methyl/N-ethyl adjacent to an activating group) is 1. The number of aryl methyl sites for hydroxylation is 1. The van der Waals surface area contributed by atoms with E-state index in [4.69, 9.17) is 23.2 Å². The topological polar surface area (TPSA) is 78.1 Å². The number of hydrogen-bond acceptors (Lipinski definition) is 4. The van der Waals surface area contributed by atoms with E-state index >= 15 is 0 Å². The highest BCUT2D eigenvalue weighted by Crippen LogP contribution is 2.50. The average molecular weight is 457 g/mol. The van der Waals surface area contributed by atoms with Crippen LogP contribution in [0.3, 0.4) is 0 Å². The Hall–Kier alpha value is -2.83. The molecule has 0 saturated heterocycles. The molecule has 8 heteroatoms.